The van der Waals surface area contributed by atoms with Crippen LogP contribution >= 0.6 is 27.7 Å². The van der Waals surface area contributed by atoms with Crippen molar-refractivity contribution >= 4 is 39.5 Å². The Morgan fingerprint density at radius 3 is 2.53 bits per heavy atom. The molecule has 0 saturated carbocycles. The van der Waals surface area contributed by atoms with Crippen LogP contribution in [0.15, 0.2) is 53.0 Å². The number of unbranched alkanes of at least 4 members (excludes halogenated alkanes) is 1. The quantitative estimate of drug-likeness (QED) is 0.433. The zero-order valence-corrected chi connectivity index (χ0v) is 20.4. The van der Waals surface area contributed by atoms with Gasteiger partial charge in [0.25, 0.3) is 0 Å². The van der Waals surface area contributed by atoms with E-state index < -0.39 is 6.04 Å². The van der Waals surface area contributed by atoms with Gasteiger partial charge in [-0.25, -0.2) is 0 Å². The summed E-state index contributed by atoms with van der Waals surface area (Å²) in [4.78, 5) is 27.4. The van der Waals surface area contributed by atoms with Crippen LogP contribution in [0.2, 0.25) is 0 Å². The number of nitrogens with zero attached hydrogens (tertiary/aromatic N) is 1. The first-order valence-corrected chi connectivity index (χ1v) is 12.3. The van der Waals surface area contributed by atoms with E-state index in [0.29, 0.717) is 18.8 Å². The molecule has 0 aliphatic heterocycles. The van der Waals surface area contributed by atoms with Crippen LogP contribution in [0.3, 0.4) is 0 Å². The third-order valence-corrected chi connectivity index (χ3v) is 6.34. The Hall–Kier alpha value is -1.79. The average molecular weight is 491 g/mol. The molecule has 30 heavy (non-hydrogen) atoms. The van der Waals surface area contributed by atoms with Crippen molar-refractivity contribution in [1.29, 1.82) is 0 Å². The number of hydrogen-bond donors (Lipinski definition) is 1. The normalized spacial score (nSPS) is 11.7. The van der Waals surface area contributed by atoms with E-state index in [4.69, 9.17) is 0 Å². The molecule has 4 nitrogen and oxygen atoms in total. The van der Waals surface area contributed by atoms with Crippen molar-refractivity contribution in [1.82, 2.24) is 10.2 Å². The fourth-order valence-corrected chi connectivity index (χ4v) is 4.29. The lowest BCUT2D eigenvalue weighted by molar-refractivity contribution is -0.138. The number of hydrogen-bond acceptors (Lipinski definition) is 3. The molecule has 0 aliphatic rings. The van der Waals surface area contributed by atoms with E-state index in [-0.39, 0.29) is 11.8 Å². The molecule has 6 heteroatoms. The van der Waals surface area contributed by atoms with Crippen LogP contribution in [-0.2, 0) is 21.9 Å². The van der Waals surface area contributed by atoms with Crippen LogP contribution in [-0.4, -0.2) is 35.1 Å². The topological polar surface area (TPSA) is 49.4 Å². The highest BCUT2D eigenvalue weighted by Gasteiger charge is 2.25. The highest BCUT2D eigenvalue weighted by molar-refractivity contribution is 9.10. The fraction of sp³-hybridized carbons (Fsp3) is 0.417. The standard InChI is InChI=1S/C24H31BrN2O2S/c1-4-5-13-26-24(29)19(3)27(15-21-7-6-8-22(25)14-21)23(28)17-30-16-20-11-9-18(2)10-12-20/h6-12,14,19H,4-5,13,15-17H2,1-3H3,(H,26,29)/t19-/m1/s1. The predicted octanol–water partition coefficient (Wildman–Crippen LogP) is 5.32. The minimum Gasteiger partial charge on any atom is -0.354 e. The minimum absolute atomic E-state index is 0.0229. The maximum Gasteiger partial charge on any atom is 0.242 e. The van der Waals surface area contributed by atoms with Crippen LogP contribution in [0.25, 0.3) is 0 Å². The summed E-state index contributed by atoms with van der Waals surface area (Å²) in [7, 11) is 0. The number of amides is 2. The third-order valence-electron chi connectivity index (χ3n) is 4.85. The van der Waals surface area contributed by atoms with Gasteiger partial charge in [0.2, 0.25) is 11.8 Å². The summed E-state index contributed by atoms with van der Waals surface area (Å²) in [6, 6.07) is 15.7. The van der Waals surface area contributed by atoms with Gasteiger partial charge in [0.05, 0.1) is 5.75 Å². The van der Waals surface area contributed by atoms with Gasteiger partial charge in [0.1, 0.15) is 6.04 Å². The van der Waals surface area contributed by atoms with Crippen LogP contribution < -0.4 is 5.32 Å². The molecule has 0 aliphatic carbocycles. The largest absolute Gasteiger partial charge is 0.354 e. The number of nitrogens with one attached hydrogen (secondary N) is 1. The second kappa shape index (κ2) is 12.8. The monoisotopic (exact) mass is 490 g/mol. The van der Waals surface area contributed by atoms with Gasteiger partial charge in [-0.05, 0) is 43.5 Å². The second-order valence-corrected chi connectivity index (χ2v) is 9.35. The second-order valence-electron chi connectivity index (χ2n) is 7.45. The lowest BCUT2D eigenvalue weighted by Crippen LogP contribution is -2.48. The molecule has 2 rings (SSSR count). The molecule has 0 radical (unpaired) electrons. The smallest absolute Gasteiger partial charge is 0.242 e. The van der Waals surface area contributed by atoms with Crippen LogP contribution in [0.5, 0.6) is 0 Å². The van der Waals surface area contributed by atoms with Gasteiger partial charge in [-0.3, -0.25) is 9.59 Å². The van der Waals surface area contributed by atoms with Gasteiger partial charge < -0.3 is 10.2 Å². The number of halogens is 1. The van der Waals surface area contributed by atoms with Crippen molar-refractivity contribution in [3.63, 3.8) is 0 Å². The summed E-state index contributed by atoms with van der Waals surface area (Å²) in [6.45, 7) is 7.01. The average Bonchev–Trinajstić information content (AvgIpc) is 2.73. The first kappa shape index (κ1) is 24.5. The Bertz CT molecular complexity index is 826. The highest BCUT2D eigenvalue weighted by Crippen LogP contribution is 2.18. The van der Waals surface area contributed by atoms with E-state index in [1.807, 2.05) is 31.2 Å². The molecule has 2 aromatic carbocycles. The lowest BCUT2D eigenvalue weighted by Gasteiger charge is -2.29. The number of rotatable bonds is 11. The lowest BCUT2D eigenvalue weighted by atomic mass is 10.1. The molecule has 0 aromatic heterocycles. The maximum absolute atomic E-state index is 13.1. The molecule has 0 saturated heterocycles. The van der Waals surface area contributed by atoms with E-state index >= 15 is 0 Å². The molecule has 1 N–H and O–H groups in total. The van der Waals surface area contributed by atoms with E-state index in [1.165, 1.54) is 11.1 Å². The maximum atomic E-state index is 13.1. The van der Waals surface area contributed by atoms with Crippen molar-refractivity contribution in [3.05, 3.63) is 69.7 Å². The Morgan fingerprint density at radius 2 is 1.87 bits per heavy atom. The summed E-state index contributed by atoms with van der Waals surface area (Å²) in [5, 5.41) is 2.95. The summed E-state index contributed by atoms with van der Waals surface area (Å²) >= 11 is 5.06. The first-order valence-electron chi connectivity index (χ1n) is 10.4. The number of thioether (sulfide) groups is 1. The van der Waals surface area contributed by atoms with Gasteiger partial charge >= 0.3 is 0 Å². The van der Waals surface area contributed by atoms with Gasteiger partial charge in [-0.2, -0.15) is 0 Å². The summed E-state index contributed by atoms with van der Waals surface area (Å²) < 4.78 is 0.959. The molecule has 0 heterocycles. The summed E-state index contributed by atoms with van der Waals surface area (Å²) in [5.41, 5.74) is 3.42. The SMILES string of the molecule is CCCCNC(=O)[C@@H](C)N(Cc1cccc(Br)c1)C(=O)CSCc1ccc(C)cc1. The molecule has 0 bridgehead atoms. The summed E-state index contributed by atoms with van der Waals surface area (Å²) in [5.74, 6) is 0.989. The third kappa shape index (κ3) is 8.15. The molecule has 1 atom stereocenters. The number of carbonyl (C=O) groups excluding carboxylic acids is 2. The van der Waals surface area contributed by atoms with Crippen molar-refractivity contribution in [2.75, 3.05) is 12.3 Å². The van der Waals surface area contributed by atoms with Gasteiger partial charge in [-0.1, -0.05) is 71.2 Å². The van der Waals surface area contributed by atoms with Crippen molar-refractivity contribution < 1.29 is 9.59 Å². The van der Waals surface area contributed by atoms with E-state index in [9.17, 15) is 9.59 Å². The zero-order valence-electron chi connectivity index (χ0n) is 18.0. The van der Waals surface area contributed by atoms with Crippen LogP contribution in [0.4, 0.5) is 0 Å². The Kier molecular flexibility index (Phi) is 10.4. The number of benzene rings is 2. The Morgan fingerprint density at radius 1 is 1.13 bits per heavy atom. The first-order chi connectivity index (χ1) is 14.4. The van der Waals surface area contributed by atoms with E-state index in [2.05, 4.69) is 59.4 Å². The van der Waals surface area contributed by atoms with E-state index in [1.54, 1.807) is 16.7 Å². The molecule has 162 valence electrons. The van der Waals surface area contributed by atoms with Gasteiger partial charge in [0, 0.05) is 23.3 Å². The van der Waals surface area contributed by atoms with Gasteiger partial charge in [0.15, 0.2) is 0 Å². The summed E-state index contributed by atoms with van der Waals surface area (Å²) in [6.07, 6.45) is 1.95. The molecule has 0 unspecified atom stereocenters. The van der Waals surface area contributed by atoms with Crippen molar-refractivity contribution in [2.45, 2.75) is 52.0 Å². The van der Waals surface area contributed by atoms with Crippen LogP contribution in [0.1, 0.15) is 43.4 Å². The molecule has 0 spiro atoms. The van der Waals surface area contributed by atoms with E-state index in [0.717, 1.165) is 28.6 Å². The van der Waals surface area contributed by atoms with Crippen molar-refractivity contribution in [3.8, 4) is 0 Å². The molecule has 2 aromatic rings. The predicted molar refractivity (Wildman–Crippen MR) is 129 cm³/mol. The minimum atomic E-state index is -0.520. The Balaban J connectivity index is 2.03. The number of carbonyl (C=O) groups is 2. The van der Waals surface area contributed by atoms with Crippen LogP contribution in [0, 0.1) is 6.92 Å². The molecular weight excluding hydrogens is 460 g/mol. The fourth-order valence-electron chi connectivity index (χ4n) is 2.97. The highest BCUT2D eigenvalue weighted by atomic mass is 79.9. The molecule has 2 amide bonds. The molecular formula is C24H31BrN2O2S. The number of aryl methyl sites for hydroxylation is 1. The molecule has 0 fully saturated rings. The Labute approximate surface area is 192 Å². The van der Waals surface area contributed by atoms with Gasteiger partial charge in [-0.15, -0.1) is 11.8 Å². The zero-order chi connectivity index (χ0) is 21.9. The van der Waals surface area contributed by atoms with Crippen molar-refractivity contribution in [2.24, 2.45) is 0 Å².